The maximum absolute atomic E-state index is 12.8. The van der Waals surface area contributed by atoms with E-state index < -0.39 is 6.04 Å². The maximum Gasteiger partial charge on any atom is 0.253 e. The molecule has 1 aliphatic heterocycles. The van der Waals surface area contributed by atoms with Gasteiger partial charge in [-0.25, -0.2) is 0 Å². The third-order valence-electron chi connectivity index (χ3n) is 4.20. The molecule has 0 saturated carbocycles. The number of aryl methyl sites for hydroxylation is 1. The molecule has 1 aliphatic rings. The van der Waals surface area contributed by atoms with Crippen LogP contribution >= 0.6 is 0 Å². The van der Waals surface area contributed by atoms with Crippen LogP contribution in [0.3, 0.4) is 0 Å². The molecule has 2 aromatic rings. The number of ether oxygens (including phenoxy) is 1. The molecule has 1 fully saturated rings. The number of pyridine rings is 1. The number of rotatable bonds is 4. The smallest absolute Gasteiger partial charge is 0.253 e. The molecule has 0 aromatic carbocycles. The lowest BCUT2D eigenvalue weighted by Gasteiger charge is -2.33. The SMILES string of the molecule is Cc1cccn(CC(=O)N2CCOC[C@@H]2c2nnc(C(C)C)o2)c1=O. The van der Waals surface area contributed by atoms with Gasteiger partial charge < -0.3 is 18.6 Å². The van der Waals surface area contributed by atoms with Gasteiger partial charge >= 0.3 is 0 Å². The summed E-state index contributed by atoms with van der Waals surface area (Å²) in [6.45, 7) is 6.78. The minimum atomic E-state index is -0.429. The van der Waals surface area contributed by atoms with Crippen LogP contribution < -0.4 is 5.56 Å². The lowest BCUT2D eigenvalue weighted by molar-refractivity contribution is -0.142. The van der Waals surface area contributed by atoms with E-state index in [1.165, 1.54) is 4.57 Å². The van der Waals surface area contributed by atoms with Crippen molar-refractivity contribution in [2.24, 2.45) is 0 Å². The number of morpholine rings is 1. The molecule has 0 radical (unpaired) electrons. The van der Waals surface area contributed by atoms with Crippen molar-refractivity contribution in [1.82, 2.24) is 19.7 Å². The second-order valence-corrected chi connectivity index (χ2v) is 6.44. The molecule has 1 amide bonds. The molecule has 1 atom stereocenters. The predicted octanol–water partition coefficient (Wildman–Crippen LogP) is 1.26. The molecule has 0 unspecified atom stereocenters. The third-order valence-corrected chi connectivity index (χ3v) is 4.20. The van der Waals surface area contributed by atoms with E-state index in [2.05, 4.69) is 10.2 Å². The quantitative estimate of drug-likeness (QED) is 0.828. The number of hydrogen-bond acceptors (Lipinski definition) is 6. The van der Waals surface area contributed by atoms with Gasteiger partial charge in [0.15, 0.2) is 0 Å². The average Bonchev–Trinajstić information content (AvgIpc) is 3.09. The highest BCUT2D eigenvalue weighted by Crippen LogP contribution is 2.25. The molecule has 0 aliphatic carbocycles. The second-order valence-electron chi connectivity index (χ2n) is 6.44. The van der Waals surface area contributed by atoms with E-state index in [4.69, 9.17) is 9.15 Å². The molecule has 0 N–H and O–H groups in total. The summed E-state index contributed by atoms with van der Waals surface area (Å²) in [6.07, 6.45) is 1.62. The van der Waals surface area contributed by atoms with Gasteiger partial charge in [-0.3, -0.25) is 9.59 Å². The van der Waals surface area contributed by atoms with Crippen LogP contribution in [0.4, 0.5) is 0 Å². The third kappa shape index (κ3) is 3.63. The summed E-state index contributed by atoms with van der Waals surface area (Å²) in [7, 11) is 0. The lowest BCUT2D eigenvalue weighted by Crippen LogP contribution is -2.45. The van der Waals surface area contributed by atoms with Gasteiger partial charge in [0.05, 0.1) is 13.2 Å². The molecule has 8 nitrogen and oxygen atoms in total. The number of aromatic nitrogens is 3. The van der Waals surface area contributed by atoms with Gasteiger partial charge in [-0.15, -0.1) is 10.2 Å². The van der Waals surface area contributed by atoms with Gasteiger partial charge in [-0.1, -0.05) is 19.9 Å². The normalized spacial score (nSPS) is 17.9. The summed E-state index contributed by atoms with van der Waals surface area (Å²) in [4.78, 5) is 26.6. The summed E-state index contributed by atoms with van der Waals surface area (Å²) in [5, 5.41) is 8.10. The summed E-state index contributed by atoms with van der Waals surface area (Å²) in [6, 6.07) is 3.06. The number of carbonyl (C=O) groups excluding carboxylic acids is 1. The predicted molar refractivity (Wildman–Crippen MR) is 89.1 cm³/mol. The number of hydrogen-bond donors (Lipinski definition) is 0. The number of carbonyl (C=O) groups is 1. The van der Waals surface area contributed by atoms with Crippen molar-refractivity contribution >= 4 is 5.91 Å². The topological polar surface area (TPSA) is 90.5 Å². The molecule has 3 rings (SSSR count). The monoisotopic (exact) mass is 346 g/mol. The Morgan fingerprint density at radius 2 is 2.20 bits per heavy atom. The van der Waals surface area contributed by atoms with Crippen molar-refractivity contribution in [3.05, 3.63) is 46.0 Å². The van der Waals surface area contributed by atoms with Gasteiger partial charge in [-0.2, -0.15) is 0 Å². The largest absolute Gasteiger partial charge is 0.423 e. The van der Waals surface area contributed by atoms with E-state index in [0.29, 0.717) is 37.1 Å². The first kappa shape index (κ1) is 17.3. The molecule has 8 heteroatoms. The van der Waals surface area contributed by atoms with Crippen molar-refractivity contribution in [3.8, 4) is 0 Å². The van der Waals surface area contributed by atoms with E-state index >= 15 is 0 Å². The fourth-order valence-corrected chi connectivity index (χ4v) is 2.74. The van der Waals surface area contributed by atoms with E-state index in [1.807, 2.05) is 13.8 Å². The van der Waals surface area contributed by atoms with E-state index in [1.54, 1.807) is 30.2 Å². The Kier molecular flexibility index (Phi) is 4.98. The van der Waals surface area contributed by atoms with Gasteiger partial charge in [0, 0.05) is 24.2 Å². The lowest BCUT2D eigenvalue weighted by atomic mass is 10.2. The Hall–Kier alpha value is -2.48. The highest BCUT2D eigenvalue weighted by molar-refractivity contribution is 5.76. The molecule has 0 bridgehead atoms. The highest BCUT2D eigenvalue weighted by Gasteiger charge is 2.33. The summed E-state index contributed by atoms with van der Waals surface area (Å²) < 4.78 is 12.6. The van der Waals surface area contributed by atoms with Crippen LogP contribution in [-0.4, -0.2) is 45.3 Å². The highest BCUT2D eigenvalue weighted by atomic mass is 16.5. The Bertz CT molecular complexity index is 811. The number of amides is 1. The van der Waals surface area contributed by atoms with Crippen LogP contribution in [0.1, 0.15) is 43.2 Å². The molecule has 25 heavy (non-hydrogen) atoms. The van der Waals surface area contributed by atoms with E-state index in [9.17, 15) is 9.59 Å². The molecule has 3 heterocycles. The molecule has 134 valence electrons. The second kappa shape index (κ2) is 7.18. The summed E-state index contributed by atoms with van der Waals surface area (Å²) in [5.41, 5.74) is 0.438. The average molecular weight is 346 g/mol. The Morgan fingerprint density at radius 1 is 1.40 bits per heavy atom. The van der Waals surface area contributed by atoms with Gasteiger partial charge in [0.1, 0.15) is 12.6 Å². The van der Waals surface area contributed by atoms with Crippen LogP contribution in [0.2, 0.25) is 0 Å². The molecular formula is C17H22N4O4. The number of nitrogens with zero attached hydrogens (tertiary/aromatic N) is 4. The van der Waals surface area contributed by atoms with Gasteiger partial charge in [0.25, 0.3) is 5.56 Å². The van der Waals surface area contributed by atoms with Crippen molar-refractivity contribution in [3.63, 3.8) is 0 Å². The Morgan fingerprint density at radius 3 is 2.92 bits per heavy atom. The molecular weight excluding hydrogens is 324 g/mol. The van der Waals surface area contributed by atoms with Gasteiger partial charge in [-0.05, 0) is 13.0 Å². The zero-order chi connectivity index (χ0) is 18.0. The first-order valence-electron chi connectivity index (χ1n) is 8.34. The summed E-state index contributed by atoms with van der Waals surface area (Å²) in [5.74, 6) is 0.835. The summed E-state index contributed by atoms with van der Waals surface area (Å²) >= 11 is 0. The molecule has 1 saturated heterocycles. The van der Waals surface area contributed by atoms with Crippen molar-refractivity contribution in [2.75, 3.05) is 19.8 Å². The van der Waals surface area contributed by atoms with Crippen molar-refractivity contribution in [1.29, 1.82) is 0 Å². The van der Waals surface area contributed by atoms with Crippen LogP contribution in [-0.2, 0) is 16.1 Å². The van der Waals surface area contributed by atoms with Crippen LogP contribution in [0.15, 0.2) is 27.5 Å². The fourth-order valence-electron chi connectivity index (χ4n) is 2.74. The minimum absolute atomic E-state index is 0.0256. The minimum Gasteiger partial charge on any atom is -0.423 e. The van der Waals surface area contributed by atoms with Crippen LogP contribution in [0.5, 0.6) is 0 Å². The van der Waals surface area contributed by atoms with E-state index in [-0.39, 0.29) is 23.9 Å². The Labute approximate surface area is 145 Å². The Balaban J connectivity index is 1.81. The van der Waals surface area contributed by atoms with Crippen LogP contribution in [0.25, 0.3) is 0 Å². The fraction of sp³-hybridized carbons (Fsp3) is 0.529. The van der Waals surface area contributed by atoms with Crippen molar-refractivity contribution in [2.45, 2.75) is 39.3 Å². The zero-order valence-corrected chi connectivity index (χ0v) is 14.6. The van der Waals surface area contributed by atoms with Crippen LogP contribution in [0, 0.1) is 6.92 Å². The standard InChI is InChI=1S/C17H22N4O4/c1-11(2)15-18-19-16(25-15)13-10-24-8-7-21(13)14(22)9-20-6-4-5-12(3)17(20)23/h4-6,11,13H,7-10H2,1-3H3/t13-/m1/s1. The zero-order valence-electron chi connectivity index (χ0n) is 14.6. The van der Waals surface area contributed by atoms with E-state index in [0.717, 1.165) is 0 Å². The van der Waals surface area contributed by atoms with Gasteiger partial charge in [0.2, 0.25) is 17.7 Å². The first-order chi connectivity index (χ1) is 12.0. The molecule has 0 spiro atoms. The first-order valence-corrected chi connectivity index (χ1v) is 8.34. The molecule has 2 aromatic heterocycles. The van der Waals surface area contributed by atoms with Crippen molar-refractivity contribution < 1.29 is 13.9 Å². The maximum atomic E-state index is 12.8.